The van der Waals surface area contributed by atoms with Crippen molar-refractivity contribution < 1.29 is 52.1 Å². The van der Waals surface area contributed by atoms with Crippen LogP contribution in [-0.2, 0) is 35.2 Å². The lowest BCUT2D eigenvalue weighted by atomic mass is 9.44. The Morgan fingerprint density at radius 2 is 1.81 bits per heavy atom. The minimum absolute atomic E-state index is 0.0148. The number of carbonyl (C=O) groups is 5. The van der Waals surface area contributed by atoms with Crippen LogP contribution in [0.15, 0.2) is 48.1 Å². The second-order valence-electron chi connectivity index (χ2n) is 15.6. The standard InChI is InChI=1S/C39H50F2N4O9/c1-4-7-33-53-31-18-25-26-17-28(40)27-16-24(46)13-14-36(27,2)38(26,41)29(47)19-37(25,3)39(31,54-33)30(48)20-44-35(51)52-21-22-9-11-23(12-10-22)45-32(49)8-5-6-15-43-34(42)50/h9-14,16,25-26,28-29,31,33,47H,4-8,15,17-21H2,1-3H3,(H,44,51)(H,45,49)(H3,42,43,50)/t25?,26-,28-,29-,31+,33-,36-,37-,38-,39+/m0/s1. The van der Waals surface area contributed by atoms with Crippen molar-refractivity contribution in [3.05, 3.63) is 53.6 Å². The molecule has 4 aliphatic carbocycles. The average molecular weight is 757 g/mol. The number of anilines is 1. The van der Waals surface area contributed by atoms with Gasteiger partial charge in [0.2, 0.25) is 5.91 Å². The Bertz CT molecular complexity index is 1720. The van der Waals surface area contributed by atoms with E-state index in [0.29, 0.717) is 43.5 Å². The van der Waals surface area contributed by atoms with Crippen LogP contribution < -0.4 is 21.7 Å². The maximum Gasteiger partial charge on any atom is 0.407 e. The highest BCUT2D eigenvalue weighted by atomic mass is 19.1. The number of aliphatic hydroxyl groups is 1. The van der Waals surface area contributed by atoms with Gasteiger partial charge in [0.15, 0.2) is 29.1 Å². The van der Waals surface area contributed by atoms with Gasteiger partial charge in [0.25, 0.3) is 0 Å². The van der Waals surface area contributed by atoms with E-state index in [4.69, 9.17) is 19.9 Å². The van der Waals surface area contributed by atoms with Crippen LogP contribution in [0, 0.1) is 22.7 Å². The van der Waals surface area contributed by atoms with Crippen molar-refractivity contribution in [3.8, 4) is 0 Å². The Labute approximate surface area is 312 Å². The predicted molar refractivity (Wildman–Crippen MR) is 191 cm³/mol. The van der Waals surface area contributed by atoms with Gasteiger partial charge in [0, 0.05) is 35.4 Å². The Kier molecular flexibility index (Phi) is 11.1. The zero-order valence-corrected chi connectivity index (χ0v) is 30.8. The van der Waals surface area contributed by atoms with Crippen molar-refractivity contribution in [2.75, 3.05) is 18.4 Å². The topological polar surface area (TPSA) is 195 Å². The molecule has 1 saturated heterocycles. The van der Waals surface area contributed by atoms with Crippen LogP contribution in [-0.4, -0.2) is 83.7 Å². The van der Waals surface area contributed by atoms with E-state index in [9.17, 15) is 29.1 Å². The van der Waals surface area contributed by atoms with E-state index in [1.165, 1.54) is 19.1 Å². The third-order valence-electron chi connectivity index (χ3n) is 12.5. The lowest BCUT2D eigenvalue weighted by Gasteiger charge is -2.63. The number of hydrogen-bond acceptors (Lipinski definition) is 9. The summed E-state index contributed by atoms with van der Waals surface area (Å²) in [6.07, 6.45) is 0.366. The molecule has 1 aliphatic heterocycles. The molecule has 13 nitrogen and oxygen atoms in total. The number of fused-ring (bicyclic) bond motifs is 7. The molecular weight excluding hydrogens is 706 g/mol. The molecule has 4 amide bonds. The number of amides is 4. The SMILES string of the molecule is CCC[C@H]1O[C@@H]2CC3[C@@H]4C[C@H](F)C5=CC(=O)C=C[C@]5(C)[C@@]4(F)[C@@H](O)C[C@]3(C)[C@]2(C(=O)CNC(=O)OCc2ccc(NC(=O)CCCCNC(N)=O)cc2)O1. The zero-order chi connectivity index (χ0) is 39.1. The van der Waals surface area contributed by atoms with Crippen molar-refractivity contribution >= 4 is 35.3 Å². The van der Waals surface area contributed by atoms with Crippen molar-refractivity contribution in [3.63, 3.8) is 0 Å². The number of allylic oxidation sites excluding steroid dienone is 4. The Morgan fingerprint density at radius 1 is 1.07 bits per heavy atom. The molecule has 0 bridgehead atoms. The number of Topliss-reactive ketones (excluding diaryl/α,β-unsaturated/α-hetero) is 1. The molecular formula is C39H50F2N4O9. The summed E-state index contributed by atoms with van der Waals surface area (Å²) in [4.78, 5) is 62.4. The maximum atomic E-state index is 17.7. The highest BCUT2D eigenvalue weighted by Gasteiger charge is 2.80. The van der Waals surface area contributed by atoms with Gasteiger partial charge >= 0.3 is 12.1 Å². The van der Waals surface area contributed by atoms with Crippen molar-refractivity contribution in [1.29, 1.82) is 0 Å². The van der Waals surface area contributed by atoms with Gasteiger partial charge in [-0.3, -0.25) is 14.4 Å². The third-order valence-corrected chi connectivity index (χ3v) is 12.5. The lowest BCUT2D eigenvalue weighted by Crippen LogP contribution is -2.71. The van der Waals surface area contributed by atoms with E-state index in [-0.39, 0.29) is 43.8 Å². The second kappa shape index (κ2) is 15.1. The minimum Gasteiger partial charge on any atom is -0.445 e. The smallest absolute Gasteiger partial charge is 0.407 e. The fourth-order valence-corrected chi connectivity index (χ4v) is 9.90. The molecule has 4 fully saturated rings. The molecule has 6 rings (SSSR count). The summed E-state index contributed by atoms with van der Waals surface area (Å²) in [5, 5.41) is 19.5. The summed E-state index contributed by atoms with van der Waals surface area (Å²) in [6.45, 7) is 5.00. The normalized spacial score (nSPS) is 36.2. The van der Waals surface area contributed by atoms with Crippen LogP contribution in [0.4, 0.5) is 24.1 Å². The van der Waals surface area contributed by atoms with E-state index in [2.05, 4.69) is 16.0 Å². The van der Waals surface area contributed by atoms with E-state index >= 15 is 8.78 Å². The number of aliphatic hydroxyl groups excluding tert-OH is 1. The summed E-state index contributed by atoms with van der Waals surface area (Å²) in [5.41, 5.74) is -0.532. The number of nitrogens with one attached hydrogen (secondary N) is 3. The van der Waals surface area contributed by atoms with Gasteiger partial charge in [-0.05, 0) is 86.8 Å². The van der Waals surface area contributed by atoms with Gasteiger partial charge in [-0.1, -0.05) is 38.5 Å². The molecule has 0 spiro atoms. The van der Waals surface area contributed by atoms with E-state index in [1.54, 1.807) is 31.2 Å². The fourth-order valence-electron chi connectivity index (χ4n) is 9.90. The molecule has 1 heterocycles. The number of carbonyl (C=O) groups excluding carboxylic acids is 5. The van der Waals surface area contributed by atoms with Crippen LogP contribution in [0.5, 0.6) is 0 Å². The van der Waals surface area contributed by atoms with Gasteiger partial charge in [0.1, 0.15) is 12.8 Å². The molecule has 6 N–H and O–H groups in total. The number of ketones is 2. The summed E-state index contributed by atoms with van der Waals surface area (Å²) < 4.78 is 51.8. The Hall–Kier alpha value is -4.21. The van der Waals surface area contributed by atoms with Crippen LogP contribution in [0.25, 0.3) is 0 Å². The Morgan fingerprint density at radius 3 is 2.52 bits per heavy atom. The van der Waals surface area contributed by atoms with Crippen LogP contribution in [0.3, 0.4) is 0 Å². The Balaban J connectivity index is 1.10. The lowest BCUT2D eigenvalue weighted by molar-refractivity contribution is -0.233. The molecule has 1 unspecified atom stereocenters. The molecule has 15 heteroatoms. The van der Waals surface area contributed by atoms with Crippen molar-refractivity contribution in [2.24, 2.45) is 28.4 Å². The number of ether oxygens (including phenoxy) is 3. The molecule has 54 heavy (non-hydrogen) atoms. The number of primary amides is 1. The molecule has 3 saturated carbocycles. The number of halogens is 2. The summed E-state index contributed by atoms with van der Waals surface area (Å²) in [6, 6.07) is 6.07. The van der Waals surface area contributed by atoms with E-state index in [0.717, 1.165) is 6.08 Å². The van der Waals surface area contributed by atoms with Crippen molar-refractivity contribution in [1.82, 2.24) is 10.6 Å². The van der Waals surface area contributed by atoms with Crippen molar-refractivity contribution in [2.45, 2.75) is 115 Å². The van der Waals surface area contributed by atoms with E-state index < -0.39 is 88.8 Å². The predicted octanol–water partition coefficient (Wildman–Crippen LogP) is 4.47. The van der Waals surface area contributed by atoms with Crippen LogP contribution in [0.1, 0.15) is 77.7 Å². The second-order valence-corrected chi connectivity index (χ2v) is 15.6. The van der Waals surface area contributed by atoms with E-state index in [1.807, 2.05) is 6.92 Å². The number of alkyl halides is 2. The molecule has 294 valence electrons. The van der Waals surface area contributed by atoms with Crippen LogP contribution in [0.2, 0.25) is 0 Å². The molecule has 1 aromatic rings. The number of urea groups is 1. The molecule has 10 atom stereocenters. The first-order chi connectivity index (χ1) is 25.6. The largest absolute Gasteiger partial charge is 0.445 e. The monoisotopic (exact) mass is 756 g/mol. The quantitative estimate of drug-likeness (QED) is 0.181. The maximum absolute atomic E-state index is 17.7. The van der Waals surface area contributed by atoms with Gasteiger partial charge in [-0.15, -0.1) is 0 Å². The number of unbranched alkanes of at least 4 members (excludes halogenated alkanes) is 1. The number of benzene rings is 1. The summed E-state index contributed by atoms with van der Waals surface area (Å²) >= 11 is 0. The summed E-state index contributed by atoms with van der Waals surface area (Å²) in [7, 11) is 0. The van der Waals surface area contributed by atoms with Gasteiger partial charge in [-0.2, -0.15) is 0 Å². The van der Waals surface area contributed by atoms with Crippen LogP contribution >= 0.6 is 0 Å². The number of nitrogens with two attached hydrogens (primary N) is 1. The molecule has 5 aliphatic rings. The van der Waals surface area contributed by atoms with Gasteiger partial charge in [-0.25, -0.2) is 18.4 Å². The minimum atomic E-state index is -2.33. The number of hydrogen-bond donors (Lipinski definition) is 5. The first kappa shape index (κ1) is 39.5. The zero-order valence-electron chi connectivity index (χ0n) is 30.8. The van der Waals surface area contributed by atoms with Gasteiger partial charge < -0.3 is 41.0 Å². The molecule has 0 aromatic heterocycles. The first-order valence-electron chi connectivity index (χ1n) is 18.7. The summed E-state index contributed by atoms with van der Waals surface area (Å²) in [5.74, 6) is -2.80. The molecule has 1 aromatic carbocycles. The average Bonchev–Trinajstić information content (AvgIpc) is 3.60. The number of rotatable bonds is 13. The first-order valence-corrected chi connectivity index (χ1v) is 18.7. The molecule has 0 radical (unpaired) electrons. The third kappa shape index (κ3) is 6.72. The number of alkyl carbamates (subject to hydrolysis) is 1. The van der Waals surface area contributed by atoms with Gasteiger partial charge in [0.05, 0.1) is 18.8 Å². The fraction of sp³-hybridized carbons (Fsp3) is 0.615. The highest BCUT2D eigenvalue weighted by molar-refractivity contribution is 6.01. The highest BCUT2D eigenvalue weighted by Crippen LogP contribution is 2.72.